The standard InChI is InChI=1S/C13H10ClNO5/c14-9-5-4-7(15(19)20)6-8(9)13(18)12-10(16)2-1-3-11(12)17/h4-6,12H,1-3H2. The van der Waals surface area contributed by atoms with Crippen molar-refractivity contribution in [3.63, 3.8) is 0 Å². The zero-order valence-corrected chi connectivity index (χ0v) is 11.1. The molecular weight excluding hydrogens is 286 g/mol. The van der Waals surface area contributed by atoms with Gasteiger partial charge >= 0.3 is 0 Å². The Morgan fingerprint density at radius 2 is 1.85 bits per heavy atom. The van der Waals surface area contributed by atoms with Gasteiger partial charge in [0, 0.05) is 30.5 Å². The van der Waals surface area contributed by atoms with E-state index in [1.807, 2.05) is 0 Å². The number of carbonyl (C=O) groups excluding carboxylic acids is 3. The first-order valence-corrected chi connectivity index (χ1v) is 6.33. The van der Waals surface area contributed by atoms with E-state index in [1.54, 1.807) is 0 Å². The average Bonchev–Trinajstić information content (AvgIpc) is 2.38. The minimum Gasteiger partial charge on any atom is -0.298 e. The summed E-state index contributed by atoms with van der Waals surface area (Å²) in [5.74, 6) is -3.03. The summed E-state index contributed by atoms with van der Waals surface area (Å²) in [6.45, 7) is 0. The minimum absolute atomic E-state index is 0.00762. The Balaban J connectivity index is 2.42. The average molecular weight is 296 g/mol. The van der Waals surface area contributed by atoms with E-state index in [0.29, 0.717) is 6.42 Å². The zero-order chi connectivity index (χ0) is 14.9. The maximum Gasteiger partial charge on any atom is 0.270 e. The number of halogens is 1. The topological polar surface area (TPSA) is 94.3 Å². The van der Waals surface area contributed by atoms with E-state index in [0.717, 1.165) is 12.1 Å². The summed E-state index contributed by atoms with van der Waals surface area (Å²) >= 11 is 5.84. The van der Waals surface area contributed by atoms with Crippen LogP contribution in [0.3, 0.4) is 0 Å². The third kappa shape index (κ3) is 2.60. The second kappa shape index (κ2) is 5.50. The number of carbonyl (C=O) groups is 3. The van der Waals surface area contributed by atoms with Crippen molar-refractivity contribution in [3.8, 4) is 0 Å². The molecule has 0 unspecified atom stereocenters. The number of hydrogen-bond donors (Lipinski definition) is 0. The fourth-order valence-electron chi connectivity index (χ4n) is 2.17. The van der Waals surface area contributed by atoms with Gasteiger partial charge in [-0.2, -0.15) is 0 Å². The quantitative estimate of drug-likeness (QED) is 0.369. The van der Waals surface area contributed by atoms with Crippen LogP contribution in [0.1, 0.15) is 29.6 Å². The second-order valence-electron chi connectivity index (χ2n) is 4.50. The van der Waals surface area contributed by atoms with Gasteiger partial charge in [-0.05, 0) is 12.5 Å². The molecule has 0 amide bonds. The molecule has 1 saturated carbocycles. The second-order valence-corrected chi connectivity index (χ2v) is 4.91. The van der Waals surface area contributed by atoms with Crippen molar-refractivity contribution in [3.05, 3.63) is 38.9 Å². The lowest BCUT2D eigenvalue weighted by Crippen LogP contribution is -2.35. The number of nitro benzene ring substituents is 1. The van der Waals surface area contributed by atoms with E-state index in [9.17, 15) is 24.5 Å². The van der Waals surface area contributed by atoms with Crippen LogP contribution in [0.4, 0.5) is 5.69 Å². The number of nitrogens with zero attached hydrogens (tertiary/aromatic N) is 1. The van der Waals surface area contributed by atoms with E-state index in [2.05, 4.69) is 0 Å². The highest BCUT2D eigenvalue weighted by Crippen LogP contribution is 2.28. The van der Waals surface area contributed by atoms with Gasteiger partial charge in [-0.15, -0.1) is 0 Å². The lowest BCUT2D eigenvalue weighted by molar-refractivity contribution is -0.384. The first-order valence-electron chi connectivity index (χ1n) is 5.95. The van der Waals surface area contributed by atoms with Crippen LogP contribution in [0, 0.1) is 16.0 Å². The molecule has 1 aromatic rings. The van der Waals surface area contributed by atoms with Crippen LogP contribution in [0.5, 0.6) is 0 Å². The first-order chi connectivity index (χ1) is 9.41. The van der Waals surface area contributed by atoms with E-state index in [4.69, 9.17) is 11.6 Å². The number of nitro groups is 1. The molecule has 7 heteroatoms. The number of hydrogen-bond acceptors (Lipinski definition) is 5. The molecule has 20 heavy (non-hydrogen) atoms. The molecule has 0 bridgehead atoms. The van der Waals surface area contributed by atoms with Gasteiger partial charge in [0.15, 0.2) is 17.3 Å². The predicted molar refractivity (Wildman–Crippen MR) is 69.8 cm³/mol. The summed E-state index contributed by atoms with van der Waals surface area (Å²) in [5, 5.41) is 10.7. The highest BCUT2D eigenvalue weighted by atomic mass is 35.5. The summed E-state index contributed by atoms with van der Waals surface area (Å²) in [6, 6.07) is 3.37. The van der Waals surface area contributed by atoms with E-state index >= 15 is 0 Å². The molecule has 1 fully saturated rings. The minimum atomic E-state index is -1.37. The van der Waals surface area contributed by atoms with Gasteiger partial charge < -0.3 is 0 Å². The molecule has 2 rings (SSSR count). The Kier molecular flexibility index (Phi) is 3.94. The first kappa shape index (κ1) is 14.3. The van der Waals surface area contributed by atoms with E-state index < -0.39 is 28.2 Å². The molecule has 0 atom stereocenters. The van der Waals surface area contributed by atoms with Gasteiger partial charge in [0.2, 0.25) is 0 Å². The van der Waals surface area contributed by atoms with Crippen LogP contribution in [-0.2, 0) is 9.59 Å². The Labute approximate surface area is 118 Å². The summed E-state index contributed by atoms with van der Waals surface area (Å²) < 4.78 is 0. The highest BCUT2D eigenvalue weighted by Gasteiger charge is 2.37. The van der Waals surface area contributed by atoms with Crippen LogP contribution in [0.2, 0.25) is 5.02 Å². The van der Waals surface area contributed by atoms with Crippen molar-refractivity contribution in [1.82, 2.24) is 0 Å². The molecule has 0 aliphatic heterocycles. The number of non-ortho nitro benzene ring substituents is 1. The number of ketones is 3. The Morgan fingerprint density at radius 1 is 1.25 bits per heavy atom. The SMILES string of the molecule is O=C1CCCC(=O)C1C(=O)c1cc([N+](=O)[O-])ccc1Cl. The molecule has 0 radical (unpaired) electrons. The summed E-state index contributed by atoms with van der Waals surface area (Å²) in [7, 11) is 0. The van der Waals surface area contributed by atoms with Gasteiger partial charge in [-0.3, -0.25) is 24.5 Å². The summed E-state index contributed by atoms with van der Waals surface area (Å²) in [4.78, 5) is 45.8. The highest BCUT2D eigenvalue weighted by molar-refractivity contribution is 6.36. The van der Waals surface area contributed by atoms with Gasteiger partial charge in [0.25, 0.3) is 5.69 Å². The molecule has 0 saturated heterocycles. The molecule has 0 aromatic heterocycles. The van der Waals surface area contributed by atoms with Gasteiger partial charge in [-0.25, -0.2) is 0 Å². The third-order valence-electron chi connectivity index (χ3n) is 3.18. The Bertz CT molecular complexity index is 609. The maximum atomic E-state index is 12.3. The Morgan fingerprint density at radius 3 is 2.40 bits per heavy atom. The fourth-order valence-corrected chi connectivity index (χ4v) is 2.38. The number of Topliss-reactive ketones (excluding diaryl/α,β-unsaturated/α-hetero) is 3. The van der Waals surface area contributed by atoms with Crippen molar-refractivity contribution in [2.75, 3.05) is 0 Å². The molecule has 0 heterocycles. The zero-order valence-electron chi connectivity index (χ0n) is 10.3. The van der Waals surface area contributed by atoms with Gasteiger partial charge in [0.05, 0.1) is 9.95 Å². The van der Waals surface area contributed by atoms with Crippen LogP contribution in [0.25, 0.3) is 0 Å². The van der Waals surface area contributed by atoms with Crippen LogP contribution in [0.15, 0.2) is 18.2 Å². The fraction of sp³-hybridized carbons (Fsp3) is 0.308. The maximum absolute atomic E-state index is 12.3. The molecule has 1 aliphatic rings. The lowest BCUT2D eigenvalue weighted by Gasteiger charge is -2.18. The van der Waals surface area contributed by atoms with Crippen molar-refractivity contribution in [2.24, 2.45) is 5.92 Å². The molecule has 0 spiro atoms. The monoisotopic (exact) mass is 295 g/mol. The smallest absolute Gasteiger partial charge is 0.270 e. The molecule has 1 aliphatic carbocycles. The van der Waals surface area contributed by atoms with E-state index in [1.165, 1.54) is 6.07 Å². The largest absolute Gasteiger partial charge is 0.298 e. The van der Waals surface area contributed by atoms with Crippen molar-refractivity contribution in [2.45, 2.75) is 19.3 Å². The molecular formula is C13H10ClNO5. The predicted octanol–water partition coefficient (Wildman–Crippen LogP) is 2.37. The van der Waals surface area contributed by atoms with Crippen molar-refractivity contribution < 1.29 is 19.3 Å². The van der Waals surface area contributed by atoms with E-state index in [-0.39, 0.29) is 29.1 Å². The molecule has 1 aromatic carbocycles. The number of rotatable bonds is 3. The number of benzene rings is 1. The van der Waals surface area contributed by atoms with Gasteiger partial charge in [-0.1, -0.05) is 11.6 Å². The molecule has 0 N–H and O–H groups in total. The molecule has 104 valence electrons. The summed E-state index contributed by atoms with van der Waals surface area (Å²) in [6.07, 6.45) is 0.757. The van der Waals surface area contributed by atoms with Crippen molar-refractivity contribution in [1.29, 1.82) is 0 Å². The summed E-state index contributed by atoms with van der Waals surface area (Å²) in [5.41, 5.74) is -0.470. The Hall–Kier alpha value is -2.08. The molecule has 6 nitrogen and oxygen atoms in total. The van der Waals surface area contributed by atoms with Crippen molar-refractivity contribution >= 4 is 34.6 Å². The normalized spacial score (nSPS) is 16.2. The third-order valence-corrected chi connectivity index (χ3v) is 3.51. The van der Waals surface area contributed by atoms with Crippen LogP contribution >= 0.6 is 11.6 Å². The van der Waals surface area contributed by atoms with Crippen LogP contribution in [-0.4, -0.2) is 22.3 Å². The van der Waals surface area contributed by atoms with Crippen LogP contribution < -0.4 is 0 Å². The van der Waals surface area contributed by atoms with Gasteiger partial charge in [0.1, 0.15) is 5.92 Å². The lowest BCUT2D eigenvalue weighted by atomic mass is 9.81.